The first-order chi connectivity index (χ1) is 22.5. The Morgan fingerprint density at radius 1 is 0.833 bits per heavy atom. The molecule has 0 spiro atoms. The van der Waals surface area contributed by atoms with Crippen LogP contribution in [0.3, 0.4) is 0 Å². The standard InChI is InChI=1S/C40H56O6Si2/c1-11-27-40(42-28-30-21-15-12-16-22-30)36(41)35(34-33(44-40)29-43-48(46-34,38(5,6)7)39(8,9)10)45-47(37(2,3)4,31-23-17-13-18-24-31)32-25-19-14-20-26-32/h11-26,33-36,41H,1,27-29H2,2-10H3/t33-,34-,35+,36-,40+/m1/s1. The van der Waals surface area contributed by atoms with Gasteiger partial charge in [0.15, 0.2) is 0 Å². The van der Waals surface area contributed by atoms with E-state index in [1.54, 1.807) is 6.08 Å². The van der Waals surface area contributed by atoms with Crippen molar-refractivity contribution in [1.82, 2.24) is 0 Å². The van der Waals surface area contributed by atoms with Gasteiger partial charge in [-0.3, -0.25) is 0 Å². The predicted octanol–water partition coefficient (Wildman–Crippen LogP) is 7.64. The van der Waals surface area contributed by atoms with Crippen LogP contribution in [0.25, 0.3) is 0 Å². The number of ether oxygens (including phenoxy) is 2. The number of benzene rings is 3. The SMILES string of the molecule is C=CC[C@]1(OCc2ccccc2)O[C@@H]2CO[Si](C(C)(C)C)(C(C)(C)C)O[C@H]2[C@H](O[Si](c2ccccc2)(c2ccccc2)C(C)(C)C)[C@H]1O. The molecule has 1 N–H and O–H groups in total. The fourth-order valence-corrected chi connectivity index (χ4v) is 17.6. The van der Waals surface area contributed by atoms with E-state index in [0.29, 0.717) is 6.61 Å². The van der Waals surface area contributed by atoms with E-state index in [-0.39, 0.29) is 28.1 Å². The number of aliphatic hydroxyl groups excluding tert-OH is 1. The quantitative estimate of drug-likeness (QED) is 0.184. The number of hydrogen-bond donors (Lipinski definition) is 1. The molecule has 3 aromatic rings. The lowest BCUT2D eigenvalue weighted by molar-refractivity contribution is -0.369. The highest BCUT2D eigenvalue weighted by molar-refractivity contribution is 6.99. The van der Waals surface area contributed by atoms with E-state index in [4.69, 9.17) is 22.8 Å². The molecule has 2 heterocycles. The molecule has 0 amide bonds. The molecule has 6 nitrogen and oxygen atoms in total. The summed E-state index contributed by atoms with van der Waals surface area (Å²) in [5, 5.41) is 14.2. The summed E-state index contributed by atoms with van der Waals surface area (Å²) < 4.78 is 35.7. The molecule has 0 unspecified atom stereocenters. The van der Waals surface area contributed by atoms with Crippen molar-refractivity contribution in [2.24, 2.45) is 0 Å². The van der Waals surface area contributed by atoms with Crippen molar-refractivity contribution >= 4 is 27.3 Å². The second-order valence-electron chi connectivity index (χ2n) is 16.4. The van der Waals surface area contributed by atoms with Gasteiger partial charge < -0.3 is 27.9 Å². The van der Waals surface area contributed by atoms with Crippen LogP contribution in [0.15, 0.2) is 104 Å². The summed E-state index contributed by atoms with van der Waals surface area (Å²) in [6.07, 6.45) is -1.14. The smallest absolute Gasteiger partial charge is 0.349 e. The van der Waals surface area contributed by atoms with Crippen LogP contribution in [-0.4, -0.2) is 58.8 Å². The highest BCUT2D eigenvalue weighted by Gasteiger charge is 2.68. The van der Waals surface area contributed by atoms with Crippen LogP contribution in [0.1, 0.15) is 74.3 Å². The van der Waals surface area contributed by atoms with Gasteiger partial charge >= 0.3 is 8.56 Å². The summed E-state index contributed by atoms with van der Waals surface area (Å²) in [6, 6.07) is 31.0. The van der Waals surface area contributed by atoms with Gasteiger partial charge in [0.05, 0.1) is 13.2 Å². The van der Waals surface area contributed by atoms with Gasteiger partial charge in [0, 0.05) is 16.5 Å². The largest absolute Gasteiger partial charge is 0.399 e. The zero-order valence-electron chi connectivity index (χ0n) is 30.4. The summed E-state index contributed by atoms with van der Waals surface area (Å²) in [5.41, 5.74) is 0.978. The fraction of sp³-hybridized carbons (Fsp3) is 0.500. The zero-order chi connectivity index (χ0) is 35.0. The Morgan fingerprint density at radius 2 is 1.33 bits per heavy atom. The number of fused-ring (bicyclic) bond motifs is 1. The van der Waals surface area contributed by atoms with Crippen molar-refractivity contribution in [3.8, 4) is 0 Å². The topological polar surface area (TPSA) is 66.4 Å². The van der Waals surface area contributed by atoms with Gasteiger partial charge in [0.25, 0.3) is 8.32 Å². The molecule has 3 aromatic carbocycles. The third-order valence-corrected chi connectivity index (χ3v) is 20.2. The zero-order valence-corrected chi connectivity index (χ0v) is 32.4. The van der Waals surface area contributed by atoms with Crippen molar-refractivity contribution < 1.29 is 27.9 Å². The van der Waals surface area contributed by atoms with Gasteiger partial charge in [0.2, 0.25) is 5.79 Å². The number of aliphatic hydroxyl groups is 1. The lowest BCUT2D eigenvalue weighted by Crippen LogP contribution is -2.77. The second kappa shape index (κ2) is 13.7. The molecule has 48 heavy (non-hydrogen) atoms. The summed E-state index contributed by atoms with van der Waals surface area (Å²) in [4.78, 5) is 0. The summed E-state index contributed by atoms with van der Waals surface area (Å²) in [6.45, 7) is 24.6. The molecular formula is C40H56O6Si2. The van der Waals surface area contributed by atoms with Crippen LogP contribution in [-0.2, 0) is 29.4 Å². The maximum atomic E-state index is 12.8. The van der Waals surface area contributed by atoms with Crippen LogP contribution >= 0.6 is 0 Å². The van der Waals surface area contributed by atoms with E-state index in [1.807, 2.05) is 42.5 Å². The molecular weight excluding hydrogens is 633 g/mol. The van der Waals surface area contributed by atoms with E-state index in [9.17, 15) is 5.11 Å². The molecule has 0 saturated carbocycles. The van der Waals surface area contributed by atoms with Crippen LogP contribution in [0.4, 0.5) is 0 Å². The minimum Gasteiger partial charge on any atom is -0.399 e. The molecule has 0 radical (unpaired) electrons. The van der Waals surface area contributed by atoms with Crippen LogP contribution in [0, 0.1) is 0 Å². The fourth-order valence-electron chi connectivity index (χ4n) is 8.00. The van der Waals surface area contributed by atoms with Gasteiger partial charge in [-0.15, -0.1) is 6.58 Å². The molecule has 2 fully saturated rings. The highest BCUT2D eigenvalue weighted by atomic mass is 28.4. The molecule has 2 saturated heterocycles. The minimum atomic E-state index is -3.17. The van der Waals surface area contributed by atoms with Crippen molar-refractivity contribution in [2.45, 2.75) is 121 Å². The predicted molar refractivity (Wildman–Crippen MR) is 198 cm³/mol. The van der Waals surface area contributed by atoms with Gasteiger partial charge in [-0.05, 0) is 21.0 Å². The number of rotatable bonds is 9. The molecule has 5 atom stereocenters. The average Bonchev–Trinajstić information content (AvgIpc) is 3.04. The Hall–Kier alpha value is -2.41. The first kappa shape index (κ1) is 36.9. The maximum absolute atomic E-state index is 12.8. The lowest BCUT2D eigenvalue weighted by Gasteiger charge is -2.61. The summed E-state index contributed by atoms with van der Waals surface area (Å²) >= 11 is 0. The van der Waals surface area contributed by atoms with Crippen LogP contribution < -0.4 is 10.4 Å². The van der Waals surface area contributed by atoms with E-state index in [2.05, 4.69) is 117 Å². The Labute approximate surface area is 290 Å². The van der Waals surface area contributed by atoms with E-state index in [0.717, 1.165) is 15.9 Å². The Balaban J connectivity index is 1.71. The molecule has 2 aliphatic heterocycles. The monoisotopic (exact) mass is 688 g/mol. The maximum Gasteiger partial charge on any atom is 0.349 e. The lowest BCUT2D eigenvalue weighted by atomic mass is 9.90. The van der Waals surface area contributed by atoms with E-state index >= 15 is 0 Å². The molecule has 0 aliphatic carbocycles. The van der Waals surface area contributed by atoms with Gasteiger partial charge in [-0.1, -0.05) is 159 Å². The third-order valence-electron chi connectivity index (χ3n) is 10.0. The first-order valence-corrected chi connectivity index (χ1v) is 21.0. The number of hydrogen-bond acceptors (Lipinski definition) is 6. The Kier molecular flexibility index (Phi) is 10.5. The second-order valence-corrected chi connectivity index (χ2v) is 25.4. The Bertz CT molecular complexity index is 1440. The Morgan fingerprint density at radius 3 is 1.79 bits per heavy atom. The third kappa shape index (κ3) is 6.58. The molecule has 0 aromatic heterocycles. The van der Waals surface area contributed by atoms with Gasteiger partial charge in [-0.2, -0.15) is 0 Å². The van der Waals surface area contributed by atoms with Crippen molar-refractivity contribution in [3.05, 3.63) is 109 Å². The average molecular weight is 689 g/mol. The van der Waals surface area contributed by atoms with Crippen LogP contribution in [0.2, 0.25) is 15.1 Å². The highest BCUT2D eigenvalue weighted by Crippen LogP contribution is 2.56. The van der Waals surface area contributed by atoms with E-state index < -0.39 is 47.1 Å². The molecule has 8 heteroatoms. The molecule has 0 bridgehead atoms. The minimum absolute atomic E-state index is 0.249. The van der Waals surface area contributed by atoms with E-state index in [1.165, 1.54) is 0 Å². The van der Waals surface area contributed by atoms with Crippen molar-refractivity contribution in [2.75, 3.05) is 6.61 Å². The van der Waals surface area contributed by atoms with Gasteiger partial charge in [-0.25, -0.2) is 0 Å². The van der Waals surface area contributed by atoms with Crippen molar-refractivity contribution in [3.63, 3.8) is 0 Å². The molecule has 260 valence electrons. The van der Waals surface area contributed by atoms with Crippen molar-refractivity contribution in [1.29, 1.82) is 0 Å². The summed E-state index contributed by atoms with van der Waals surface area (Å²) in [5.74, 6) is -1.44. The molecule has 5 rings (SSSR count). The van der Waals surface area contributed by atoms with Gasteiger partial charge in [0.1, 0.15) is 24.4 Å². The summed E-state index contributed by atoms with van der Waals surface area (Å²) in [7, 11) is -6.17. The molecule has 2 aliphatic rings. The normalized spacial score (nSPS) is 26.5. The van der Waals surface area contributed by atoms with Crippen LogP contribution in [0.5, 0.6) is 0 Å². The first-order valence-electron chi connectivity index (χ1n) is 17.3.